The quantitative estimate of drug-likeness (QED) is 0.531. The van der Waals surface area contributed by atoms with Crippen molar-refractivity contribution < 1.29 is 23.4 Å². The van der Waals surface area contributed by atoms with Gasteiger partial charge in [-0.05, 0) is 58.6 Å². The van der Waals surface area contributed by atoms with Crippen molar-refractivity contribution in [3.05, 3.63) is 51.7 Å². The average Bonchev–Trinajstić information content (AvgIpc) is 3.15. The maximum Gasteiger partial charge on any atom is 0.343 e. The molecule has 142 valence electrons. The van der Waals surface area contributed by atoms with Gasteiger partial charge < -0.3 is 18.9 Å². The normalized spacial score (nSPS) is 20.4. The van der Waals surface area contributed by atoms with Gasteiger partial charge in [0.2, 0.25) is 0 Å². The first-order valence-electron chi connectivity index (χ1n) is 8.46. The number of halogens is 2. The molecule has 2 atom stereocenters. The molecule has 2 aliphatic rings. The molecule has 2 aromatic rings. The summed E-state index contributed by atoms with van der Waals surface area (Å²) in [6.45, 7) is 1.11. The van der Waals surface area contributed by atoms with E-state index in [1.54, 1.807) is 6.07 Å². The summed E-state index contributed by atoms with van der Waals surface area (Å²) in [5, 5.41) is 0. The van der Waals surface area contributed by atoms with Gasteiger partial charge in [-0.2, -0.15) is 0 Å². The number of fused-ring (bicyclic) bond motifs is 3. The van der Waals surface area contributed by atoms with E-state index in [4.69, 9.17) is 14.2 Å². The SMILES string of the molecule is COC(=O)c1c(NSc2ccc(F)cc2Br)ccc2c1OCC1OCCC21. The number of nitrogens with one attached hydrogen (secondary N) is 1. The van der Waals surface area contributed by atoms with E-state index in [2.05, 4.69) is 20.7 Å². The molecule has 0 aromatic heterocycles. The first-order chi connectivity index (χ1) is 13.1. The predicted molar refractivity (Wildman–Crippen MR) is 104 cm³/mol. The summed E-state index contributed by atoms with van der Waals surface area (Å²) in [5.74, 6) is -0.00930. The molecule has 0 amide bonds. The summed E-state index contributed by atoms with van der Waals surface area (Å²) in [7, 11) is 1.35. The van der Waals surface area contributed by atoms with Gasteiger partial charge in [-0.3, -0.25) is 0 Å². The van der Waals surface area contributed by atoms with E-state index in [9.17, 15) is 9.18 Å². The third kappa shape index (κ3) is 3.53. The van der Waals surface area contributed by atoms with Crippen molar-refractivity contribution in [2.45, 2.75) is 23.3 Å². The highest BCUT2D eigenvalue weighted by Gasteiger charge is 2.38. The number of methoxy groups -OCH3 is 1. The van der Waals surface area contributed by atoms with Crippen LogP contribution in [0.3, 0.4) is 0 Å². The van der Waals surface area contributed by atoms with Crippen molar-refractivity contribution in [3.8, 4) is 5.75 Å². The predicted octanol–water partition coefficient (Wildman–Crippen LogP) is 4.76. The number of benzene rings is 2. The minimum atomic E-state index is -0.467. The zero-order chi connectivity index (χ0) is 19.0. The topological polar surface area (TPSA) is 56.8 Å². The number of hydrogen-bond acceptors (Lipinski definition) is 6. The van der Waals surface area contributed by atoms with E-state index in [-0.39, 0.29) is 17.8 Å². The first kappa shape index (κ1) is 18.6. The minimum absolute atomic E-state index is 0.0337. The second-order valence-electron chi connectivity index (χ2n) is 6.29. The van der Waals surface area contributed by atoms with E-state index in [0.717, 1.165) is 16.9 Å². The van der Waals surface area contributed by atoms with Gasteiger partial charge in [-0.1, -0.05) is 6.07 Å². The average molecular weight is 454 g/mol. The highest BCUT2D eigenvalue weighted by atomic mass is 79.9. The second kappa shape index (κ2) is 7.69. The number of ether oxygens (including phenoxy) is 3. The van der Waals surface area contributed by atoms with Gasteiger partial charge in [0, 0.05) is 27.5 Å². The lowest BCUT2D eigenvalue weighted by Crippen LogP contribution is -2.29. The summed E-state index contributed by atoms with van der Waals surface area (Å²) < 4.78 is 33.6. The molecule has 2 aliphatic heterocycles. The summed E-state index contributed by atoms with van der Waals surface area (Å²) in [5.41, 5.74) is 1.92. The molecule has 0 radical (unpaired) electrons. The number of carbonyl (C=O) groups is 1. The van der Waals surface area contributed by atoms with Gasteiger partial charge in [0.05, 0.1) is 18.9 Å². The van der Waals surface area contributed by atoms with Gasteiger partial charge in [0.25, 0.3) is 0 Å². The van der Waals surface area contributed by atoms with Gasteiger partial charge in [0.15, 0.2) is 0 Å². The van der Waals surface area contributed by atoms with Crippen LogP contribution in [0, 0.1) is 5.82 Å². The zero-order valence-corrected chi connectivity index (χ0v) is 16.9. The Morgan fingerprint density at radius 1 is 1.37 bits per heavy atom. The van der Waals surface area contributed by atoms with E-state index < -0.39 is 5.97 Å². The van der Waals surface area contributed by atoms with Crippen LogP contribution in [0.15, 0.2) is 39.7 Å². The molecule has 1 saturated heterocycles. The number of rotatable bonds is 4. The van der Waals surface area contributed by atoms with E-state index in [0.29, 0.717) is 34.7 Å². The molecule has 2 aromatic carbocycles. The molecule has 0 bridgehead atoms. The standard InChI is InChI=1S/C19H17BrFNO4S/c1-24-19(23)17-14(22-27-16-5-2-10(21)8-13(16)20)4-3-12-11-6-7-25-15(11)9-26-18(12)17/h2-5,8,11,15,22H,6-7,9H2,1H3. The molecule has 2 heterocycles. The Morgan fingerprint density at radius 2 is 2.22 bits per heavy atom. The third-order valence-corrected chi connectivity index (χ3v) is 6.56. The maximum atomic E-state index is 13.3. The fraction of sp³-hybridized carbons (Fsp3) is 0.316. The summed E-state index contributed by atoms with van der Waals surface area (Å²) in [6.07, 6.45) is 0.942. The van der Waals surface area contributed by atoms with Gasteiger partial charge >= 0.3 is 5.97 Å². The van der Waals surface area contributed by atoms with Crippen LogP contribution < -0.4 is 9.46 Å². The third-order valence-electron chi connectivity index (χ3n) is 4.74. The molecule has 4 rings (SSSR count). The number of esters is 1. The first-order valence-corrected chi connectivity index (χ1v) is 10.1. The molecule has 2 unspecified atom stereocenters. The Kier molecular flexibility index (Phi) is 5.29. The lowest BCUT2D eigenvalue weighted by atomic mass is 9.88. The van der Waals surface area contributed by atoms with Crippen LogP contribution in [0.2, 0.25) is 0 Å². The van der Waals surface area contributed by atoms with E-state index >= 15 is 0 Å². The molecule has 0 aliphatic carbocycles. The van der Waals surface area contributed by atoms with Gasteiger partial charge in [-0.25, -0.2) is 9.18 Å². The zero-order valence-electron chi connectivity index (χ0n) is 14.5. The monoisotopic (exact) mass is 453 g/mol. The van der Waals surface area contributed by atoms with Crippen LogP contribution in [0.25, 0.3) is 0 Å². The highest BCUT2D eigenvalue weighted by molar-refractivity contribution is 9.10. The van der Waals surface area contributed by atoms with Crippen molar-refractivity contribution in [2.75, 3.05) is 25.0 Å². The van der Waals surface area contributed by atoms with Crippen molar-refractivity contribution in [2.24, 2.45) is 0 Å². The molecule has 8 heteroatoms. The molecule has 0 saturated carbocycles. The number of anilines is 1. The van der Waals surface area contributed by atoms with Crippen LogP contribution in [0.5, 0.6) is 5.75 Å². The van der Waals surface area contributed by atoms with E-state index in [1.807, 2.05) is 12.1 Å². The minimum Gasteiger partial charge on any atom is -0.490 e. The molecule has 5 nitrogen and oxygen atoms in total. The van der Waals surface area contributed by atoms with Crippen LogP contribution >= 0.6 is 27.9 Å². The molecule has 0 spiro atoms. The Hall–Kier alpha value is -1.77. The summed E-state index contributed by atoms with van der Waals surface area (Å²) >= 11 is 4.61. The van der Waals surface area contributed by atoms with Crippen molar-refractivity contribution in [1.82, 2.24) is 0 Å². The Balaban J connectivity index is 1.67. The maximum absolute atomic E-state index is 13.3. The lowest BCUT2D eigenvalue weighted by molar-refractivity contribution is 0.0469. The van der Waals surface area contributed by atoms with E-state index in [1.165, 1.54) is 31.2 Å². The van der Waals surface area contributed by atoms with Crippen molar-refractivity contribution in [3.63, 3.8) is 0 Å². The Bertz CT molecular complexity index is 894. The summed E-state index contributed by atoms with van der Waals surface area (Å²) in [6, 6.07) is 8.24. The molecule has 1 fully saturated rings. The Morgan fingerprint density at radius 3 is 3.00 bits per heavy atom. The molecular weight excluding hydrogens is 437 g/mol. The van der Waals surface area contributed by atoms with Gasteiger partial charge in [-0.15, -0.1) is 0 Å². The van der Waals surface area contributed by atoms with Crippen molar-refractivity contribution >= 4 is 39.5 Å². The number of hydrogen-bond donors (Lipinski definition) is 1. The highest BCUT2D eigenvalue weighted by Crippen LogP contribution is 2.45. The second-order valence-corrected chi connectivity index (χ2v) is 7.99. The molecule has 27 heavy (non-hydrogen) atoms. The number of carbonyl (C=O) groups excluding carboxylic acids is 1. The molecular formula is C19H17BrFNO4S. The summed E-state index contributed by atoms with van der Waals surface area (Å²) in [4.78, 5) is 13.3. The largest absolute Gasteiger partial charge is 0.490 e. The van der Waals surface area contributed by atoms with Crippen LogP contribution in [0.4, 0.5) is 10.1 Å². The van der Waals surface area contributed by atoms with Crippen LogP contribution in [-0.4, -0.2) is 32.4 Å². The van der Waals surface area contributed by atoms with Crippen LogP contribution in [-0.2, 0) is 9.47 Å². The van der Waals surface area contributed by atoms with Gasteiger partial charge in [0.1, 0.15) is 23.7 Å². The molecule has 1 N–H and O–H groups in total. The Labute approximate surface area is 168 Å². The fourth-order valence-corrected chi connectivity index (χ4v) is 4.71. The van der Waals surface area contributed by atoms with Crippen molar-refractivity contribution in [1.29, 1.82) is 0 Å². The smallest absolute Gasteiger partial charge is 0.343 e. The lowest BCUT2D eigenvalue weighted by Gasteiger charge is -2.29. The van der Waals surface area contributed by atoms with Crippen LogP contribution in [0.1, 0.15) is 28.3 Å². The fourth-order valence-electron chi connectivity index (χ4n) is 3.44.